The van der Waals surface area contributed by atoms with Crippen molar-refractivity contribution in [1.82, 2.24) is 5.32 Å². The van der Waals surface area contributed by atoms with Gasteiger partial charge in [-0.25, -0.2) is 4.79 Å². The number of carbonyl (C=O) groups excluding carboxylic acids is 1. The summed E-state index contributed by atoms with van der Waals surface area (Å²) in [6, 6.07) is 6.62. The molecule has 4 nitrogen and oxygen atoms in total. The van der Waals surface area contributed by atoms with Crippen LogP contribution >= 0.6 is 0 Å². The molecule has 0 spiro atoms. The van der Waals surface area contributed by atoms with Crippen LogP contribution in [0.3, 0.4) is 0 Å². The highest BCUT2D eigenvalue weighted by atomic mass is 16.6. The Morgan fingerprint density at radius 3 is 2.74 bits per heavy atom. The van der Waals surface area contributed by atoms with Gasteiger partial charge in [0.15, 0.2) is 0 Å². The van der Waals surface area contributed by atoms with E-state index in [0.29, 0.717) is 12.0 Å². The van der Waals surface area contributed by atoms with Crippen LogP contribution in [0.15, 0.2) is 18.2 Å². The van der Waals surface area contributed by atoms with Crippen molar-refractivity contribution in [2.24, 2.45) is 5.92 Å². The molecule has 23 heavy (non-hydrogen) atoms. The van der Waals surface area contributed by atoms with Crippen LogP contribution in [0.2, 0.25) is 0 Å². The molecule has 0 aliphatic heterocycles. The molecule has 0 heterocycles. The van der Waals surface area contributed by atoms with E-state index < -0.39 is 11.7 Å². The molecule has 1 aliphatic rings. The summed E-state index contributed by atoms with van der Waals surface area (Å²) in [7, 11) is 0. The van der Waals surface area contributed by atoms with Crippen molar-refractivity contribution in [3.8, 4) is 0 Å². The third kappa shape index (κ3) is 5.54. The molecule has 1 amide bonds. The minimum Gasteiger partial charge on any atom is -0.444 e. The van der Waals surface area contributed by atoms with E-state index >= 15 is 0 Å². The molecule has 2 N–H and O–H groups in total. The van der Waals surface area contributed by atoms with Gasteiger partial charge in [-0.3, -0.25) is 5.32 Å². The van der Waals surface area contributed by atoms with Gasteiger partial charge < -0.3 is 10.1 Å². The fourth-order valence-corrected chi connectivity index (χ4v) is 2.90. The average Bonchev–Trinajstić information content (AvgIpc) is 2.42. The predicted octanol–water partition coefficient (Wildman–Crippen LogP) is 4.66. The second-order valence-electron chi connectivity index (χ2n) is 7.79. The van der Waals surface area contributed by atoms with Gasteiger partial charge in [-0.15, -0.1) is 0 Å². The van der Waals surface area contributed by atoms with Crippen LogP contribution < -0.4 is 10.6 Å². The van der Waals surface area contributed by atoms with Crippen LogP contribution in [-0.2, 0) is 11.2 Å². The third-order valence-corrected chi connectivity index (χ3v) is 3.88. The molecule has 0 bridgehead atoms. The van der Waals surface area contributed by atoms with E-state index in [1.165, 1.54) is 24.0 Å². The molecular weight excluding hydrogens is 288 g/mol. The van der Waals surface area contributed by atoms with Gasteiger partial charge in [0, 0.05) is 11.7 Å². The highest BCUT2D eigenvalue weighted by Crippen LogP contribution is 2.31. The van der Waals surface area contributed by atoms with Gasteiger partial charge in [-0.2, -0.15) is 0 Å². The summed E-state index contributed by atoms with van der Waals surface area (Å²) in [6.45, 7) is 11.1. The van der Waals surface area contributed by atoms with Crippen LogP contribution in [0.5, 0.6) is 0 Å². The normalized spacial score (nSPS) is 17.7. The zero-order chi connectivity index (χ0) is 17.0. The molecule has 0 saturated heterocycles. The van der Waals surface area contributed by atoms with Crippen LogP contribution in [0, 0.1) is 5.92 Å². The summed E-state index contributed by atoms with van der Waals surface area (Å²) < 4.78 is 5.31. The highest BCUT2D eigenvalue weighted by molar-refractivity contribution is 5.85. The number of anilines is 1. The largest absolute Gasteiger partial charge is 0.444 e. The molecule has 128 valence electrons. The smallest absolute Gasteiger partial charge is 0.412 e. The Bertz CT molecular complexity index is 547. The number of benzene rings is 1. The first kappa shape index (κ1) is 17.8. The maximum Gasteiger partial charge on any atom is 0.412 e. The summed E-state index contributed by atoms with van der Waals surface area (Å²) in [6.07, 6.45) is 3.03. The summed E-state index contributed by atoms with van der Waals surface area (Å²) in [5.41, 5.74) is 3.02. The molecular formula is C19H30N2O2. The summed E-state index contributed by atoms with van der Waals surface area (Å²) in [4.78, 5) is 11.9. The quantitative estimate of drug-likeness (QED) is 0.849. The van der Waals surface area contributed by atoms with Crippen molar-refractivity contribution in [3.63, 3.8) is 0 Å². The summed E-state index contributed by atoms with van der Waals surface area (Å²) in [5, 5.41) is 6.49. The van der Waals surface area contributed by atoms with Crippen LogP contribution in [0.4, 0.5) is 10.5 Å². The van der Waals surface area contributed by atoms with Crippen LogP contribution in [-0.4, -0.2) is 18.2 Å². The Hall–Kier alpha value is -1.55. The number of amides is 1. The molecule has 4 heteroatoms. The molecule has 2 rings (SSSR count). The molecule has 1 aromatic carbocycles. The lowest BCUT2D eigenvalue weighted by atomic mass is 9.87. The van der Waals surface area contributed by atoms with Crippen LogP contribution in [0.25, 0.3) is 0 Å². The van der Waals surface area contributed by atoms with Gasteiger partial charge in [-0.05, 0) is 75.8 Å². The van der Waals surface area contributed by atoms with Gasteiger partial charge in [0.1, 0.15) is 5.60 Å². The van der Waals surface area contributed by atoms with E-state index in [1.54, 1.807) is 0 Å². The van der Waals surface area contributed by atoms with Crippen molar-refractivity contribution >= 4 is 11.8 Å². The Morgan fingerprint density at radius 1 is 1.35 bits per heavy atom. The molecule has 1 unspecified atom stereocenters. The fourth-order valence-electron chi connectivity index (χ4n) is 2.90. The highest BCUT2D eigenvalue weighted by Gasteiger charge is 2.21. The second-order valence-corrected chi connectivity index (χ2v) is 7.79. The number of hydrogen-bond donors (Lipinski definition) is 2. The van der Waals surface area contributed by atoms with E-state index in [9.17, 15) is 4.79 Å². The van der Waals surface area contributed by atoms with E-state index in [4.69, 9.17) is 4.74 Å². The SMILES string of the molecule is CC(C)CNC1CCCc2cc(NC(=O)OC(C)(C)C)ccc21. The first-order chi connectivity index (χ1) is 10.7. The number of ether oxygens (including phenoxy) is 1. The van der Waals surface area contributed by atoms with Gasteiger partial charge in [0.2, 0.25) is 0 Å². The Kier molecular flexibility index (Phi) is 5.69. The monoisotopic (exact) mass is 318 g/mol. The molecule has 0 radical (unpaired) electrons. The minimum atomic E-state index is -0.482. The average molecular weight is 318 g/mol. The standard InChI is InChI=1S/C19H30N2O2/c1-13(2)12-20-17-8-6-7-14-11-15(9-10-16(14)17)21-18(22)23-19(3,4)5/h9-11,13,17,20H,6-8,12H2,1-5H3,(H,21,22). The zero-order valence-electron chi connectivity index (χ0n) is 15.0. The molecule has 1 atom stereocenters. The first-order valence-electron chi connectivity index (χ1n) is 8.61. The molecule has 0 aromatic heterocycles. The lowest BCUT2D eigenvalue weighted by Crippen LogP contribution is -2.29. The fraction of sp³-hybridized carbons (Fsp3) is 0.632. The van der Waals surface area contributed by atoms with Gasteiger partial charge in [0.05, 0.1) is 0 Å². The van der Waals surface area contributed by atoms with Gasteiger partial charge >= 0.3 is 6.09 Å². The van der Waals surface area contributed by atoms with E-state index in [-0.39, 0.29) is 0 Å². The van der Waals surface area contributed by atoms with Crippen molar-refractivity contribution in [2.45, 2.75) is 65.5 Å². The molecule has 0 fully saturated rings. The first-order valence-corrected chi connectivity index (χ1v) is 8.61. The maximum atomic E-state index is 11.9. The second kappa shape index (κ2) is 7.35. The topological polar surface area (TPSA) is 50.4 Å². The molecule has 1 aromatic rings. The third-order valence-electron chi connectivity index (χ3n) is 3.88. The van der Waals surface area contributed by atoms with Crippen LogP contribution in [0.1, 0.15) is 64.6 Å². The van der Waals surface area contributed by atoms with Crippen molar-refractivity contribution in [1.29, 1.82) is 0 Å². The number of nitrogens with one attached hydrogen (secondary N) is 2. The predicted molar refractivity (Wildman–Crippen MR) is 94.8 cm³/mol. The van der Waals surface area contributed by atoms with Gasteiger partial charge in [0.25, 0.3) is 0 Å². The summed E-state index contributed by atoms with van der Waals surface area (Å²) in [5.74, 6) is 0.647. The Morgan fingerprint density at radius 2 is 2.09 bits per heavy atom. The van der Waals surface area contributed by atoms with E-state index in [1.807, 2.05) is 26.8 Å². The molecule has 0 saturated carbocycles. The number of carbonyl (C=O) groups is 1. The Balaban J connectivity index is 2.05. The van der Waals surface area contributed by atoms with Crippen molar-refractivity contribution in [3.05, 3.63) is 29.3 Å². The maximum absolute atomic E-state index is 11.9. The summed E-state index contributed by atoms with van der Waals surface area (Å²) >= 11 is 0. The van der Waals surface area contributed by atoms with Crippen molar-refractivity contribution < 1.29 is 9.53 Å². The van der Waals surface area contributed by atoms with Gasteiger partial charge in [-0.1, -0.05) is 19.9 Å². The lowest BCUT2D eigenvalue weighted by Gasteiger charge is -2.28. The Labute approximate surface area is 140 Å². The number of fused-ring (bicyclic) bond motifs is 1. The van der Waals surface area contributed by atoms with E-state index in [0.717, 1.165) is 18.7 Å². The van der Waals surface area contributed by atoms with E-state index in [2.05, 4.69) is 36.6 Å². The lowest BCUT2D eigenvalue weighted by molar-refractivity contribution is 0.0636. The van der Waals surface area contributed by atoms with Crippen molar-refractivity contribution in [2.75, 3.05) is 11.9 Å². The number of aryl methyl sites for hydroxylation is 1. The number of hydrogen-bond acceptors (Lipinski definition) is 3. The minimum absolute atomic E-state index is 0.400. The number of rotatable bonds is 4. The molecule has 1 aliphatic carbocycles. The zero-order valence-corrected chi connectivity index (χ0v) is 15.0.